The Morgan fingerprint density at radius 3 is 2.92 bits per heavy atom. The number of carbonyl (C=O) groups is 1. The van der Waals surface area contributed by atoms with E-state index in [9.17, 15) is 9.90 Å². The van der Waals surface area contributed by atoms with Crippen LogP contribution in [0.1, 0.15) is 34.5 Å². The van der Waals surface area contributed by atoms with Crippen molar-refractivity contribution in [1.82, 2.24) is 10.3 Å². The van der Waals surface area contributed by atoms with Crippen molar-refractivity contribution in [3.8, 4) is 0 Å². The van der Waals surface area contributed by atoms with Crippen LogP contribution >= 0.6 is 23.2 Å². The minimum atomic E-state index is -2.09. The monoisotopic (exact) mass is 368 g/mol. The van der Waals surface area contributed by atoms with Crippen LogP contribution in [-0.2, 0) is 12.2 Å². The zero-order chi connectivity index (χ0) is 17.3. The van der Waals surface area contributed by atoms with Crippen molar-refractivity contribution in [3.63, 3.8) is 0 Å². The van der Waals surface area contributed by atoms with E-state index >= 15 is 4.39 Å². The first-order chi connectivity index (χ1) is 11.4. The molecule has 1 heterocycles. The predicted molar refractivity (Wildman–Crippen MR) is 89.9 cm³/mol. The van der Waals surface area contributed by atoms with Crippen molar-refractivity contribution in [2.24, 2.45) is 0 Å². The number of benzene rings is 1. The highest BCUT2D eigenvalue weighted by Crippen LogP contribution is 2.40. The number of pyridine rings is 1. The number of aliphatic hydroxyl groups is 1. The smallest absolute Gasteiger partial charge is 0.181 e. The highest BCUT2D eigenvalue weighted by molar-refractivity contribution is 6.42. The Hall–Kier alpha value is -1.53. The third-order valence-electron chi connectivity index (χ3n) is 4.19. The van der Waals surface area contributed by atoms with Gasteiger partial charge in [0.15, 0.2) is 11.5 Å². The highest BCUT2D eigenvalue weighted by Gasteiger charge is 2.46. The van der Waals surface area contributed by atoms with Gasteiger partial charge in [-0.05, 0) is 24.1 Å². The zero-order valence-corrected chi connectivity index (χ0v) is 14.1. The van der Waals surface area contributed by atoms with Crippen LogP contribution in [0.4, 0.5) is 4.39 Å². The molecule has 7 heteroatoms. The molecule has 126 valence electrons. The molecule has 0 bridgehead atoms. The fourth-order valence-corrected chi connectivity index (χ4v) is 3.24. The molecule has 2 aromatic rings. The average molecular weight is 369 g/mol. The van der Waals surface area contributed by atoms with Crippen LogP contribution < -0.4 is 5.32 Å². The van der Waals surface area contributed by atoms with Gasteiger partial charge in [-0.2, -0.15) is 0 Å². The number of aliphatic hydroxyl groups excluding tert-OH is 1. The van der Waals surface area contributed by atoms with Crippen molar-refractivity contribution in [3.05, 3.63) is 63.4 Å². The van der Waals surface area contributed by atoms with Crippen molar-refractivity contribution in [2.45, 2.75) is 31.3 Å². The first kappa shape index (κ1) is 17.3. The fraction of sp³-hybridized carbons (Fsp3) is 0.294. The summed E-state index contributed by atoms with van der Waals surface area (Å²) in [5, 5.41) is 13.9. The molecule has 0 aliphatic heterocycles. The minimum absolute atomic E-state index is 0.00280. The van der Waals surface area contributed by atoms with E-state index in [1.165, 1.54) is 12.3 Å². The van der Waals surface area contributed by atoms with E-state index in [2.05, 4.69) is 10.3 Å². The van der Waals surface area contributed by atoms with E-state index in [-0.39, 0.29) is 36.4 Å². The van der Waals surface area contributed by atoms with Gasteiger partial charge in [0.05, 0.1) is 10.0 Å². The van der Waals surface area contributed by atoms with Gasteiger partial charge in [-0.15, -0.1) is 0 Å². The molecule has 4 nitrogen and oxygen atoms in total. The Balaban J connectivity index is 1.82. The number of aromatic nitrogens is 1. The second-order valence-corrected chi connectivity index (χ2v) is 6.47. The second-order valence-electron chi connectivity index (χ2n) is 5.68. The van der Waals surface area contributed by atoms with Crippen molar-refractivity contribution in [1.29, 1.82) is 0 Å². The van der Waals surface area contributed by atoms with Crippen molar-refractivity contribution < 1.29 is 14.3 Å². The lowest BCUT2D eigenvalue weighted by Gasteiger charge is -2.35. The first-order valence-corrected chi connectivity index (χ1v) is 8.21. The summed E-state index contributed by atoms with van der Waals surface area (Å²) in [4.78, 5) is 15.8. The van der Waals surface area contributed by atoms with Gasteiger partial charge in [-0.25, -0.2) is 4.39 Å². The van der Waals surface area contributed by atoms with Crippen LogP contribution in [0.25, 0.3) is 0 Å². The molecule has 0 fully saturated rings. The summed E-state index contributed by atoms with van der Waals surface area (Å²) >= 11 is 12.0. The number of hydrogen-bond acceptors (Lipinski definition) is 4. The quantitative estimate of drug-likeness (QED) is 0.808. The summed E-state index contributed by atoms with van der Waals surface area (Å²) in [5.74, 6) is -0.219. The molecule has 24 heavy (non-hydrogen) atoms. The summed E-state index contributed by atoms with van der Waals surface area (Å²) < 4.78 is 15.5. The van der Waals surface area contributed by atoms with Gasteiger partial charge in [0.2, 0.25) is 0 Å². The molecule has 3 rings (SSSR count). The molecule has 1 aliphatic carbocycles. The van der Waals surface area contributed by atoms with E-state index < -0.39 is 11.9 Å². The molecule has 2 unspecified atom stereocenters. The maximum Gasteiger partial charge on any atom is 0.181 e. The topological polar surface area (TPSA) is 62.2 Å². The van der Waals surface area contributed by atoms with E-state index in [0.717, 1.165) is 0 Å². The largest absolute Gasteiger partial charge is 0.375 e. The zero-order valence-electron chi connectivity index (χ0n) is 12.6. The first-order valence-electron chi connectivity index (χ1n) is 7.45. The molecule has 2 atom stereocenters. The Kier molecular flexibility index (Phi) is 4.88. The van der Waals surface area contributed by atoms with Gasteiger partial charge in [0.1, 0.15) is 11.9 Å². The number of alkyl halides is 1. The molecule has 1 aromatic carbocycles. The maximum absolute atomic E-state index is 15.5. The van der Waals surface area contributed by atoms with Crippen LogP contribution in [0.2, 0.25) is 10.0 Å². The van der Waals surface area contributed by atoms with Gasteiger partial charge in [-0.1, -0.05) is 41.4 Å². The molecule has 0 saturated carbocycles. The molecule has 1 aliphatic rings. The third-order valence-corrected chi connectivity index (χ3v) is 5.04. The Labute approximate surface area is 148 Å². The van der Waals surface area contributed by atoms with E-state index in [0.29, 0.717) is 15.6 Å². The maximum atomic E-state index is 15.5. The number of hydrogen-bond donors (Lipinski definition) is 2. The SMILES string of the molecule is O=C1CCC(F)(C(O)NCc2cccc(Cl)c2Cl)c2cccnc21. The number of nitrogens with zero attached hydrogens (tertiary/aromatic N) is 1. The number of carbonyl (C=O) groups excluding carboxylic acids is 1. The molecular weight excluding hydrogens is 354 g/mol. The number of fused-ring (bicyclic) bond motifs is 1. The van der Waals surface area contributed by atoms with Gasteiger partial charge in [0.25, 0.3) is 0 Å². The summed E-state index contributed by atoms with van der Waals surface area (Å²) in [7, 11) is 0. The van der Waals surface area contributed by atoms with Crippen LogP contribution in [0.15, 0.2) is 36.5 Å². The molecule has 0 amide bonds. The molecule has 2 N–H and O–H groups in total. The number of Topliss-reactive ketones (excluding diaryl/α,β-unsaturated/α-hetero) is 1. The molecule has 0 saturated heterocycles. The molecule has 1 aromatic heterocycles. The second kappa shape index (κ2) is 6.76. The van der Waals surface area contributed by atoms with Gasteiger partial charge >= 0.3 is 0 Å². The van der Waals surface area contributed by atoms with Gasteiger partial charge in [-0.3, -0.25) is 15.1 Å². The summed E-state index contributed by atoms with van der Waals surface area (Å²) in [6.45, 7) is 0.135. The van der Waals surface area contributed by atoms with Crippen LogP contribution in [0, 0.1) is 0 Å². The average Bonchev–Trinajstić information content (AvgIpc) is 2.59. The summed E-state index contributed by atoms with van der Waals surface area (Å²) in [6, 6.07) is 8.14. The predicted octanol–water partition coefficient (Wildman–Crippen LogP) is 3.64. The lowest BCUT2D eigenvalue weighted by atomic mass is 9.81. The summed E-state index contributed by atoms with van der Waals surface area (Å²) in [5.41, 5.74) is -1.26. The molecule has 0 spiro atoms. The summed E-state index contributed by atoms with van der Waals surface area (Å²) in [6.07, 6.45) is -0.184. The van der Waals surface area contributed by atoms with Gasteiger partial charge < -0.3 is 5.11 Å². The van der Waals surface area contributed by atoms with Crippen LogP contribution in [0.3, 0.4) is 0 Å². The van der Waals surface area contributed by atoms with Crippen molar-refractivity contribution in [2.75, 3.05) is 0 Å². The van der Waals surface area contributed by atoms with Crippen LogP contribution in [-0.4, -0.2) is 22.1 Å². The Bertz CT molecular complexity index is 787. The lowest BCUT2D eigenvalue weighted by molar-refractivity contribution is -0.0446. The Morgan fingerprint density at radius 2 is 2.12 bits per heavy atom. The highest BCUT2D eigenvalue weighted by atomic mass is 35.5. The number of ketones is 1. The minimum Gasteiger partial charge on any atom is -0.375 e. The van der Waals surface area contributed by atoms with E-state index in [4.69, 9.17) is 23.2 Å². The number of rotatable bonds is 4. The van der Waals surface area contributed by atoms with E-state index in [1.807, 2.05) is 0 Å². The fourth-order valence-electron chi connectivity index (χ4n) is 2.85. The van der Waals surface area contributed by atoms with Gasteiger partial charge in [0, 0.05) is 24.7 Å². The number of halogens is 3. The molecular formula is C17H15Cl2FN2O2. The van der Waals surface area contributed by atoms with Crippen LogP contribution in [0.5, 0.6) is 0 Å². The van der Waals surface area contributed by atoms with E-state index in [1.54, 1.807) is 24.3 Å². The normalized spacial score (nSPS) is 21.4. The van der Waals surface area contributed by atoms with Crippen molar-refractivity contribution >= 4 is 29.0 Å². The Morgan fingerprint density at radius 1 is 1.33 bits per heavy atom. The number of nitrogens with one attached hydrogen (secondary N) is 1. The standard InChI is InChI=1S/C17H15Cl2FN2O2/c18-12-5-1-3-10(14(12)19)9-22-16(24)17(20)7-6-13(23)15-11(17)4-2-8-21-15/h1-5,8,16,22,24H,6-7,9H2. The third kappa shape index (κ3) is 3.05. The molecule has 0 radical (unpaired) electrons. The lowest BCUT2D eigenvalue weighted by Crippen LogP contribution is -2.48.